The molecule has 8 heteroatoms. The molecule has 1 aliphatic heterocycles. The van der Waals surface area contributed by atoms with Gasteiger partial charge in [-0.3, -0.25) is 0 Å². The number of hydrogen-bond acceptors (Lipinski definition) is 6. The second kappa shape index (κ2) is 13.3. The molecular formula is C41H52O6Si2. The molecule has 2 N–H and O–H groups in total. The Morgan fingerprint density at radius 2 is 0.735 bits per heavy atom. The number of ether oxygens (including phenoxy) is 2. The Kier molecular flexibility index (Phi) is 9.76. The Balaban J connectivity index is 1.49. The van der Waals surface area contributed by atoms with Gasteiger partial charge in [-0.15, -0.1) is 0 Å². The van der Waals surface area contributed by atoms with Gasteiger partial charge in [0, 0.05) is 0 Å². The van der Waals surface area contributed by atoms with E-state index >= 15 is 0 Å². The van der Waals surface area contributed by atoms with Crippen molar-refractivity contribution in [2.75, 3.05) is 0 Å². The minimum absolute atomic E-state index is 0.354. The zero-order valence-electron chi connectivity index (χ0n) is 30.0. The summed E-state index contributed by atoms with van der Waals surface area (Å²) in [7, 11) is -6.31. The van der Waals surface area contributed by atoms with Gasteiger partial charge >= 0.3 is 0 Å². The summed E-state index contributed by atoms with van der Waals surface area (Å²) in [5, 5.41) is 28.3. The molecule has 0 spiro atoms. The van der Waals surface area contributed by atoms with E-state index in [9.17, 15) is 10.2 Å². The summed E-state index contributed by atoms with van der Waals surface area (Å²) in [4.78, 5) is 0. The van der Waals surface area contributed by atoms with Crippen LogP contribution < -0.4 is 20.7 Å². The molecule has 6 rings (SSSR count). The number of benzene rings is 4. The largest absolute Gasteiger partial charge is 0.399 e. The Morgan fingerprint density at radius 1 is 0.490 bits per heavy atom. The van der Waals surface area contributed by atoms with E-state index < -0.39 is 59.0 Å². The third-order valence-corrected chi connectivity index (χ3v) is 20.4. The summed E-state index contributed by atoms with van der Waals surface area (Å²) in [6, 6.07) is 41.3. The third kappa shape index (κ3) is 6.32. The number of hydrogen-bond donors (Lipinski definition) is 2. The zero-order valence-corrected chi connectivity index (χ0v) is 32.0. The van der Waals surface area contributed by atoms with Crippen molar-refractivity contribution in [3.8, 4) is 0 Å². The summed E-state index contributed by atoms with van der Waals surface area (Å²) in [5.74, 6) is -1.00. The molecule has 49 heavy (non-hydrogen) atoms. The van der Waals surface area contributed by atoms with E-state index in [1.807, 2.05) is 86.6 Å². The van der Waals surface area contributed by atoms with Gasteiger partial charge < -0.3 is 28.5 Å². The van der Waals surface area contributed by atoms with Crippen LogP contribution in [-0.4, -0.2) is 69.3 Å². The average Bonchev–Trinajstić information content (AvgIpc) is 3.40. The molecule has 0 unspecified atom stereocenters. The Morgan fingerprint density at radius 3 is 0.959 bits per heavy atom. The molecule has 0 bridgehead atoms. The fraction of sp³-hybridized carbons (Fsp3) is 0.415. The highest BCUT2D eigenvalue weighted by Gasteiger charge is 2.64. The molecule has 260 valence electrons. The predicted molar refractivity (Wildman–Crippen MR) is 201 cm³/mol. The molecular weight excluding hydrogens is 645 g/mol. The molecule has 0 radical (unpaired) electrons. The second-order valence-electron chi connectivity index (χ2n) is 16.0. The van der Waals surface area contributed by atoms with Gasteiger partial charge in [0.05, 0.1) is 0 Å². The Bertz CT molecular complexity index is 1470. The first kappa shape index (κ1) is 35.9. The van der Waals surface area contributed by atoms with E-state index in [2.05, 4.69) is 90.1 Å². The van der Waals surface area contributed by atoms with Crippen LogP contribution in [0.25, 0.3) is 0 Å². The first-order valence-corrected chi connectivity index (χ1v) is 21.2. The van der Waals surface area contributed by atoms with Crippen LogP contribution in [0.5, 0.6) is 0 Å². The quantitative estimate of drug-likeness (QED) is 0.249. The lowest BCUT2D eigenvalue weighted by Crippen LogP contribution is -2.75. The fourth-order valence-corrected chi connectivity index (χ4v) is 17.6. The van der Waals surface area contributed by atoms with Gasteiger partial charge in [0.1, 0.15) is 36.6 Å². The zero-order chi connectivity index (χ0) is 35.2. The first-order valence-electron chi connectivity index (χ1n) is 17.4. The fourth-order valence-electron chi connectivity index (χ4n) is 8.17. The average molecular weight is 697 g/mol. The van der Waals surface area contributed by atoms with E-state index in [0.29, 0.717) is 0 Å². The van der Waals surface area contributed by atoms with Crippen LogP contribution in [0.2, 0.25) is 10.1 Å². The topological polar surface area (TPSA) is 77.4 Å². The molecule has 4 aromatic rings. The summed E-state index contributed by atoms with van der Waals surface area (Å²) in [6.45, 7) is 17.0. The van der Waals surface area contributed by atoms with Crippen molar-refractivity contribution in [3.05, 3.63) is 121 Å². The maximum atomic E-state index is 12.3. The second-order valence-corrected chi connectivity index (χ2v) is 24.5. The van der Waals surface area contributed by atoms with Crippen molar-refractivity contribution in [3.63, 3.8) is 0 Å². The molecule has 1 aliphatic carbocycles. The van der Waals surface area contributed by atoms with Crippen LogP contribution in [0.4, 0.5) is 0 Å². The van der Waals surface area contributed by atoms with Crippen molar-refractivity contribution >= 4 is 37.4 Å². The van der Waals surface area contributed by atoms with Crippen LogP contribution in [0.1, 0.15) is 55.4 Å². The molecule has 4 aromatic carbocycles. The molecule has 2 aliphatic rings. The van der Waals surface area contributed by atoms with Gasteiger partial charge in [-0.05, 0) is 44.7 Å². The van der Waals surface area contributed by atoms with Crippen molar-refractivity contribution in [1.29, 1.82) is 0 Å². The minimum atomic E-state index is -3.16. The van der Waals surface area contributed by atoms with E-state index in [4.69, 9.17) is 18.3 Å². The van der Waals surface area contributed by atoms with Gasteiger partial charge in [-0.1, -0.05) is 163 Å². The molecule has 1 heterocycles. The summed E-state index contributed by atoms with van der Waals surface area (Å²) in [6.07, 6.45) is -5.84. The van der Waals surface area contributed by atoms with Crippen LogP contribution >= 0.6 is 0 Å². The molecule has 2 fully saturated rings. The smallest absolute Gasteiger partial charge is 0.261 e. The summed E-state index contributed by atoms with van der Waals surface area (Å²) >= 11 is 0. The maximum absolute atomic E-state index is 12.3. The number of aliphatic hydroxyl groups excluding tert-OH is 2. The predicted octanol–water partition coefficient (Wildman–Crippen LogP) is 5.13. The normalized spacial score (nSPS) is 25.9. The highest BCUT2D eigenvalue weighted by Crippen LogP contribution is 2.46. The third-order valence-electron chi connectivity index (χ3n) is 10.3. The van der Waals surface area contributed by atoms with E-state index in [1.54, 1.807) is 0 Å². The molecule has 1 saturated carbocycles. The number of rotatable bonds is 8. The minimum Gasteiger partial charge on any atom is -0.399 e. The molecule has 0 aromatic heterocycles. The van der Waals surface area contributed by atoms with Gasteiger partial charge in [0.25, 0.3) is 16.6 Å². The number of aliphatic hydroxyl groups is 2. The van der Waals surface area contributed by atoms with E-state index in [0.717, 1.165) is 20.7 Å². The van der Waals surface area contributed by atoms with Crippen molar-refractivity contribution in [2.24, 2.45) is 0 Å². The highest BCUT2D eigenvalue weighted by atomic mass is 28.4. The highest BCUT2D eigenvalue weighted by molar-refractivity contribution is 7.00. The van der Waals surface area contributed by atoms with Crippen molar-refractivity contribution in [1.82, 2.24) is 0 Å². The van der Waals surface area contributed by atoms with Crippen LogP contribution in [0.3, 0.4) is 0 Å². The van der Waals surface area contributed by atoms with Gasteiger partial charge in [0.2, 0.25) is 0 Å². The molecule has 0 amide bonds. The summed E-state index contributed by atoms with van der Waals surface area (Å²) in [5.41, 5.74) is 0. The molecule has 6 atom stereocenters. The van der Waals surface area contributed by atoms with Gasteiger partial charge in [-0.2, -0.15) is 0 Å². The monoisotopic (exact) mass is 696 g/mol. The maximum Gasteiger partial charge on any atom is 0.261 e. The van der Waals surface area contributed by atoms with Crippen LogP contribution in [-0.2, 0) is 18.3 Å². The van der Waals surface area contributed by atoms with E-state index in [-0.39, 0.29) is 10.1 Å². The van der Waals surface area contributed by atoms with Crippen molar-refractivity contribution < 1.29 is 28.5 Å². The Hall–Kier alpha value is -2.93. The van der Waals surface area contributed by atoms with Crippen LogP contribution in [0.15, 0.2) is 121 Å². The molecule has 6 nitrogen and oxygen atoms in total. The van der Waals surface area contributed by atoms with Crippen LogP contribution in [0, 0.1) is 0 Å². The number of fused-ring (bicyclic) bond motifs is 1. The lowest BCUT2D eigenvalue weighted by atomic mass is 9.85. The molecule has 1 saturated heterocycles. The van der Waals surface area contributed by atoms with E-state index in [1.165, 1.54) is 0 Å². The van der Waals surface area contributed by atoms with Gasteiger partial charge in [-0.25, -0.2) is 0 Å². The van der Waals surface area contributed by atoms with Crippen molar-refractivity contribution in [2.45, 2.75) is 108 Å². The SMILES string of the molecule is CC1(C)O[C@H]2[C@H](O1)[C@@H](O[Si](c1ccccc1)(c1ccccc1)C(C)(C)C)[C@H](O)[C@@H](O)[C@H]2O[Si](c1ccccc1)(c1ccccc1)C(C)(C)C. The Labute approximate surface area is 294 Å². The lowest BCUT2D eigenvalue weighted by Gasteiger charge is -2.53. The first-order chi connectivity index (χ1) is 23.1. The lowest BCUT2D eigenvalue weighted by molar-refractivity contribution is -0.182. The summed E-state index contributed by atoms with van der Waals surface area (Å²) < 4.78 is 28.4. The van der Waals surface area contributed by atoms with Gasteiger partial charge in [0.15, 0.2) is 5.79 Å². The standard InChI is InChI=1S/C41H52O6Si2/c1-39(2,3)48(29-21-13-9-14-22-29,30-23-15-10-16-24-30)46-35-33(42)34(43)36(38-37(35)44-41(7,8)45-38)47-49(40(4,5)6,31-25-17-11-18-26-31)32-27-19-12-20-28-32/h9-28,33-38,42-43H,1-8H3/t33-,34-,35-,36+,37-,38-/m1/s1.